The summed E-state index contributed by atoms with van der Waals surface area (Å²) in [6, 6.07) is 7.01. The van der Waals surface area contributed by atoms with Gasteiger partial charge >= 0.3 is 0 Å². The number of hydrazine groups is 1. The van der Waals surface area contributed by atoms with E-state index in [2.05, 4.69) is 15.8 Å². The number of hydrogen-bond donors (Lipinski definition) is 2. The molecule has 0 radical (unpaired) electrons. The molecule has 0 spiro atoms. The van der Waals surface area contributed by atoms with Crippen LogP contribution in [-0.4, -0.2) is 10.9 Å². The van der Waals surface area contributed by atoms with Gasteiger partial charge in [0, 0.05) is 11.6 Å². The topological polar surface area (TPSA) is 54.0 Å². The fourth-order valence-electron chi connectivity index (χ4n) is 1.82. The first-order valence-corrected chi connectivity index (χ1v) is 6.92. The van der Waals surface area contributed by atoms with Crippen molar-refractivity contribution in [3.05, 3.63) is 59.4 Å². The monoisotopic (exact) mass is 323 g/mol. The van der Waals surface area contributed by atoms with Crippen LogP contribution in [0.2, 0.25) is 0 Å². The fourth-order valence-corrected chi connectivity index (χ4v) is 2.68. The van der Waals surface area contributed by atoms with Gasteiger partial charge in [-0.2, -0.15) is 0 Å². The van der Waals surface area contributed by atoms with E-state index in [4.69, 9.17) is 0 Å². The van der Waals surface area contributed by atoms with Crippen LogP contribution < -0.4 is 10.9 Å². The number of aromatic nitrogens is 1. The molecule has 0 saturated carbocycles. The standard InChI is InChI=1S/C14H8F3N3OS/c15-8-3-1-2-7(4-8)13(21)19-20-14-18-12-10(17)5-9(16)6-11(12)22-14/h1-6H,(H,18,20)(H,19,21). The van der Waals surface area contributed by atoms with E-state index in [9.17, 15) is 18.0 Å². The lowest BCUT2D eigenvalue weighted by Gasteiger charge is -2.05. The maximum atomic E-state index is 13.5. The van der Waals surface area contributed by atoms with Gasteiger partial charge in [0.1, 0.15) is 17.2 Å². The SMILES string of the molecule is O=C(NNc1nc2c(F)cc(F)cc2s1)c1cccc(F)c1. The highest BCUT2D eigenvalue weighted by Crippen LogP contribution is 2.28. The fraction of sp³-hybridized carbons (Fsp3) is 0. The summed E-state index contributed by atoms with van der Waals surface area (Å²) < 4.78 is 39.9. The maximum Gasteiger partial charge on any atom is 0.269 e. The number of nitrogens with one attached hydrogen (secondary N) is 2. The first-order valence-electron chi connectivity index (χ1n) is 6.10. The van der Waals surface area contributed by atoms with Crippen LogP contribution in [0.1, 0.15) is 10.4 Å². The van der Waals surface area contributed by atoms with E-state index in [0.29, 0.717) is 4.70 Å². The molecule has 1 heterocycles. The third kappa shape index (κ3) is 2.86. The second kappa shape index (κ2) is 5.64. The van der Waals surface area contributed by atoms with Gasteiger partial charge in [-0.05, 0) is 24.3 Å². The van der Waals surface area contributed by atoms with Gasteiger partial charge in [0.15, 0.2) is 5.82 Å². The zero-order valence-corrected chi connectivity index (χ0v) is 11.7. The Kier molecular flexibility index (Phi) is 3.68. The van der Waals surface area contributed by atoms with Gasteiger partial charge in [0.25, 0.3) is 5.91 Å². The van der Waals surface area contributed by atoms with Crippen molar-refractivity contribution in [1.29, 1.82) is 0 Å². The third-order valence-corrected chi connectivity index (χ3v) is 3.70. The first kappa shape index (κ1) is 14.3. The number of amides is 1. The Balaban J connectivity index is 1.76. The molecular formula is C14H8F3N3OS. The molecule has 0 bridgehead atoms. The van der Waals surface area contributed by atoms with E-state index in [-0.39, 0.29) is 16.2 Å². The highest BCUT2D eigenvalue weighted by Gasteiger charge is 2.12. The number of nitrogens with zero attached hydrogens (tertiary/aromatic N) is 1. The van der Waals surface area contributed by atoms with Crippen molar-refractivity contribution < 1.29 is 18.0 Å². The Morgan fingerprint density at radius 1 is 1.09 bits per heavy atom. The average molecular weight is 323 g/mol. The molecule has 0 fully saturated rings. The molecule has 0 unspecified atom stereocenters. The number of carbonyl (C=O) groups is 1. The Bertz CT molecular complexity index is 866. The minimum absolute atomic E-state index is 0.00824. The molecule has 1 aromatic heterocycles. The molecule has 3 rings (SSSR count). The van der Waals surface area contributed by atoms with Gasteiger partial charge in [-0.1, -0.05) is 17.4 Å². The molecule has 2 N–H and O–H groups in total. The summed E-state index contributed by atoms with van der Waals surface area (Å²) in [7, 11) is 0. The van der Waals surface area contributed by atoms with Gasteiger partial charge in [-0.25, -0.2) is 18.2 Å². The van der Waals surface area contributed by atoms with Crippen LogP contribution in [0, 0.1) is 17.5 Å². The number of carbonyl (C=O) groups excluding carboxylic acids is 1. The molecule has 0 aliphatic heterocycles. The van der Waals surface area contributed by atoms with Crippen LogP contribution in [0.3, 0.4) is 0 Å². The van der Waals surface area contributed by atoms with Crippen molar-refractivity contribution in [2.75, 3.05) is 5.43 Å². The Hall–Kier alpha value is -2.61. The molecule has 22 heavy (non-hydrogen) atoms. The molecule has 0 aliphatic carbocycles. The van der Waals surface area contributed by atoms with E-state index >= 15 is 0 Å². The summed E-state index contributed by atoms with van der Waals surface area (Å²) in [6.07, 6.45) is 0. The summed E-state index contributed by atoms with van der Waals surface area (Å²) in [5.74, 6) is -2.60. The van der Waals surface area contributed by atoms with E-state index < -0.39 is 23.4 Å². The molecule has 1 amide bonds. The first-order chi connectivity index (χ1) is 10.5. The van der Waals surface area contributed by atoms with Crippen LogP contribution in [0.4, 0.5) is 18.3 Å². The minimum Gasteiger partial charge on any atom is -0.273 e. The van der Waals surface area contributed by atoms with Crippen LogP contribution in [-0.2, 0) is 0 Å². The van der Waals surface area contributed by atoms with E-state index in [1.165, 1.54) is 18.2 Å². The molecule has 0 atom stereocenters. The summed E-state index contributed by atoms with van der Waals surface area (Å²) >= 11 is 0.975. The lowest BCUT2D eigenvalue weighted by molar-refractivity contribution is 0.0962. The van der Waals surface area contributed by atoms with E-state index in [1.54, 1.807) is 0 Å². The molecule has 8 heteroatoms. The Morgan fingerprint density at radius 2 is 1.91 bits per heavy atom. The van der Waals surface area contributed by atoms with Gasteiger partial charge in [-0.15, -0.1) is 0 Å². The molecule has 3 aromatic rings. The quantitative estimate of drug-likeness (QED) is 0.726. The number of hydrogen-bond acceptors (Lipinski definition) is 4. The summed E-state index contributed by atoms with van der Waals surface area (Å²) in [4.78, 5) is 15.7. The van der Waals surface area contributed by atoms with Crippen molar-refractivity contribution in [2.45, 2.75) is 0 Å². The van der Waals surface area contributed by atoms with Crippen LogP contribution in [0.15, 0.2) is 36.4 Å². The zero-order valence-electron chi connectivity index (χ0n) is 10.9. The molecule has 0 saturated heterocycles. The van der Waals surface area contributed by atoms with E-state index in [0.717, 1.165) is 29.5 Å². The summed E-state index contributed by atoms with van der Waals surface area (Å²) in [5.41, 5.74) is 4.93. The smallest absolute Gasteiger partial charge is 0.269 e. The zero-order chi connectivity index (χ0) is 15.7. The van der Waals surface area contributed by atoms with Crippen molar-refractivity contribution in [2.24, 2.45) is 0 Å². The second-order valence-electron chi connectivity index (χ2n) is 4.34. The molecule has 0 aliphatic rings. The van der Waals surface area contributed by atoms with Crippen LogP contribution in [0.5, 0.6) is 0 Å². The summed E-state index contributed by atoms with van der Waals surface area (Å²) in [6.45, 7) is 0. The van der Waals surface area contributed by atoms with Crippen molar-refractivity contribution in [3.63, 3.8) is 0 Å². The number of anilines is 1. The van der Waals surface area contributed by atoms with Gasteiger partial charge in [0.2, 0.25) is 5.13 Å². The van der Waals surface area contributed by atoms with Crippen molar-refractivity contribution in [1.82, 2.24) is 10.4 Å². The van der Waals surface area contributed by atoms with Gasteiger partial charge in [-0.3, -0.25) is 15.6 Å². The number of halogens is 3. The van der Waals surface area contributed by atoms with Crippen molar-refractivity contribution >= 4 is 32.6 Å². The number of fused-ring (bicyclic) bond motifs is 1. The average Bonchev–Trinajstić information content (AvgIpc) is 2.88. The summed E-state index contributed by atoms with van der Waals surface area (Å²) in [5, 5.41) is 0.184. The number of thiazole rings is 1. The molecule has 2 aromatic carbocycles. The van der Waals surface area contributed by atoms with Crippen LogP contribution >= 0.6 is 11.3 Å². The predicted molar refractivity (Wildman–Crippen MR) is 77.0 cm³/mol. The normalized spacial score (nSPS) is 10.7. The molecular weight excluding hydrogens is 315 g/mol. The molecule has 112 valence electrons. The highest BCUT2D eigenvalue weighted by molar-refractivity contribution is 7.22. The van der Waals surface area contributed by atoms with Crippen molar-refractivity contribution in [3.8, 4) is 0 Å². The predicted octanol–water partition coefficient (Wildman–Crippen LogP) is 3.47. The lowest BCUT2D eigenvalue weighted by atomic mass is 10.2. The largest absolute Gasteiger partial charge is 0.273 e. The lowest BCUT2D eigenvalue weighted by Crippen LogP contribution is -2.29. The molecule has 4 nitrogen and oxygen atoms in total. The Morgan fingerprint density at radius 3 is 2.68 bits per heavy atom. The van der Waals surface area contributed by atoms with Crippen LogP contribution in [0.25, 0.3) is 10.2 Å². The van der Waals surface area contributed by atoms with Gasteiger partial charge in [0.05, 0.1) is 4.70 Å². The minimum atomic E-state index is -0.782. The number of rotatable bonds is 3. The Labute approximate surface area is 126 Å². The highest BCUT2D eigenvalue weighted by atomic mass is 32.1. The number of benzene rings is 2. The maximum absolute atomic E-state index is 13.5. The van der Waals surface area contributed by atoms with E-state index in [1.807, 2.05) is 0 Å². The second-order valence-corrected chi connectivity index (χ2v) is 5.37. The van der Waals surface area contributed by atoms with Gasteiger partial charge < -0.3 is 0 Å². The third-order valence-electron chi connectivity index (χ3n) is 2.78.